The highest BCUT2D eigenvalue weighted by molar-refractivity contribution is 6.26. The quantitative estimate of drug-likeness (QED) is 0.415. The lowest BCUT2D eigenvalue weighted by molar-refractivity contribution is -0.122. The fourth-order valence-electron chi connectivity index (χ4n) is 1.29. The molecule has 0 aliphatic carbocycles. The molecular formula is C11H21N3O2. The molecule has 0 radical (unpaired) electrons. The van der Waals surface area contributed by atoms with Crippen LogP contribution in [0.2, 0.25) is 0 Å². The van der Waals surface area contributed by atoms with Gasteiger partial charge in [-0.15, -0.1) is 0 Å². The van der Waals surface area contributed by atoms with E-state index >= 15 is 0 Å². The molecule has 1 atom stereocenters. The van der Waals surface area contributed by atoms with Crippen LogP contribution in [0.4, 0.5) is 0 Å². The van der Waals surface area contributed by atoms with Crippen molar-refractivity contribution in [2.75, 3.05) is 6.54 Å². The van der Waals surface area contributed by atoms with Crippen molar-refractivity contribution in [3.63, 3.8) is 0 Å². The zero-order valence-electron chi connectivity index (χ0n) is 9.95. The molecule has 4 N–H and O–H groups in total. The maximum absolute atomic E-state index is 11.4. The van der Waals surface area contributed by atoms with Crippen molar-refractivity contribution in [2.24, 2.45) is 11.7 Å². The maximum Gasteiger partial charge on any atom is 0.236 e. The van der Waals surface area contributed by atoms with Gasteiger partial charge in [0.1, 0.15) is 0 Å². The third-order valence-corrected chi connectivity index (χ3v) is 2.12. The van der Waals surface area contributed by atoms with E-state index in [2.05, 4.69) is 5.32 Å². The number of ketones is 1. The van der Waals surface area contributed by atoms with Crippen LogP contribution in [0.5, 0.6) is 0 Å². The largest absolute Gasteiger partial charge is 0.355 e. The standard InChI is InChI=1S/C11H21N3O2/c1-8(2)6-10(13)11(16)14-5-3-4-9(15)7-12/h7-8,10,12H,3-6,13H2,1-2H3,(H,14,16). The summed E-state index contributed by atoms with van der Waals surface area (Å²) in [5.74, 6) is -0.00280. The average molecular weight is 227 g/mol. The van der Waals surface area contributed by atoms with Crippen LogP contribution in [0, 0.1) is 11.3 Å². The highest BCUT2D eigenvalue weighted by atomic mass is 16.2. The zero-order chi connectivity index (χ0) is 12.6. The highest BCUT2D eigenvalue weighted by Gasteiger charge is 2.13. The van der Waals surface area contributed by atoms with Gasteiger partial charge in [0.05, 0.1) is 12.3 Å². The summed E-state index contributed by atoms with van der Waals surface area (Å²) in [5, 5.41) is 9.37. The van der Waals surface area contributed by atoms with Crippen molar-refractivity contribution in [3.8, 4) is 0 Å². The van der Waals surface area contributed by atoms with Gasteiger partial charge in [-0.2, -0.15) is 0 Å². The summed E-state index contributed by atoms with van der Waals surface area (Å²) >= 11 is 0. The summed E-state index contributed by atoms with van der Waals surface area (Å²) in [6, 6.07) is -0.474. The van der Waals surface area contributed by atoms with Gasteiger partial charge in [0.25, 0.3) is 0 Å². The van der Waals surface area contributed by atoms with Gasteiger partial charge in [-0.25, -0.2) is 0 Å². The second-order valence-corrected chi connectivity index (χ2v) is 4.24. The lowest BCUT2D eigenvalue weighted by Gasteiger charge is -2.13. The Balaban J connectivity index is 3.64. The first-order valence-electron chi connectivity index (χ1n) is 5.54. The zero-order valence-corrected chi connectivity index (χ0v) is 9.95. The Morgan fingerprint density at radius 3 is 2.56 bits per heavy atom. The van der Waals surface area contributed by atoms with Crippen LogP contribution in [0.25, 0.3) is 0 Å². The first-order valence-corrected chi connectivity index (χ1v) is 5.54. The molecule has 5 nitrogen and oxygen atoms in total. The Kier molecular flexibility index (Phi) is 7.37. The third kappa shape index (κ3) is 7.11. The van der Waals surface area contributed by atoms with Gasteiger partial charge in [0.2, 0.25) is 5.91 Å². The summed E-state index contributed by atoms with van der Waals surface area (Å²) in [5.41, 5.74) is 5.67. The summed E-state index contributed by atoms with van der Waals surface area (Å²) in [4.78, 5) is 22.2. The minimum Gasteiger partial charge on any atom is -0.355 e. The molecule has 0 saturated carbocycles. The number of amides is 1. The Morgan fingerprint density at radius 2 is 2.06 bits per heavy atom. The molecule has 0 aliphatic rings. The van der Waals surface area contributed by atoms with Gasteiger partial charge in [-0.3, -0.25) is 9.59 Å². The summed E-state index contributed by atoms with van der Waals surface area (Å²) in [6.45, 7) is 4.45. The van der Waals surface area contributed by atoms with Gasteiger partial charge < -0.3 is 16.5 Å². The number of rotatable bonds is 8. The molecule has 0 fully saturated rings. The van der Waals surface area contributed by atoms with Crippen molar-refractivity contribution in [3.05, 3.63) is 0 Å². The van der Waals surface area contributed by atoms with Crippen LogP contribution < -0.4 is 11.1 Å². The van der Waals surface area contributed by atoms with Gasteiger partial charge >= 0.3 is 0 Å². The third-order valence-electron chi connectivity index (χ3n) is 2.12. The molecule has 0 bridgehead atoms. The van der Waals surface area contributed by atoms with Crippen molar-refractivity contribution < 1.29 is 9.59 Å². The molecule has 0 aromatic rings. The number of carbonyl (C=O) groups is 2. The average Bonchev–Trinajstić information content (AvgIpc) is 2.22. The second-order valence-electron chi connectivity index (χ2n) is 4.24. The maximum atomic E-state index is 11.4. The van der Waals surface area contributed by atoms with Crippen LogP contribution in [0.1, 0.15) is 33.1 Å². The topological polar surface area (TPSA) is 96.0 Å². The Morgan fingerprint density at radius 1 is 1.44 bits per heavy atom. The van der Waals surface area contributed by atoms with Crippen molar-refractivity contribution in [2.45, 2.75) is 39.2 Å². The van der Waals surface area contributed by atoms with E-state index in [1.54, 1.807) is 0 Å². The summed E-state index contributed by atoms with van der Waals surface area (Å²) in [6.07, 6.45) is 2.30. The molecule has 16 heavy (non-hydrogen) atoms. The van der Waals surface area contributed by atoms with E-state index in [1.165, 1.54) is 0 Å². The van der Waals surface area contributed by atoms with Gasteiger partial charge in [0.15, 0.2) is 5.78 Å². The minimum atomic E-state index is -0.474. The molecule has 0 aromatic heterocycles. The summed E-state index contributed by atoms with van der Waals surface area (Å²) < 4.78 is 0. The predicted molar refractivity (Wildman–Crippen MR) is 63.5 cm³/mol. The molecule has 0 rings (SSSR count). The fourth-order valence-corrected chi connectivity index (χ4v) is 1.29. The first-order chi connectivity index (χ1) is 7.47. The Hall–Kier alpha value is -1.23. The van der Waals surface area contributed by atoms with Gasteiger partial charge in [0, 0.05) is 13.0 Å². The molecule has 1 unspecified atom stereocenters. The van der Waals surface area contributed by atoms with E-state index < -0.39 is 6.04 Å². The normalized spacial score (nSPS) is 12.2. The first kappa shape index (κ1) is 14.8. The summed E-state index contributed by atoms with van der Waals surface area (Å²) in [7, 11) is 0. The van der Waals surface area contributed by atoms with E-state index in [0.29, 0.717) is 31.7 Å². The van der Waals surface area contributed by atoms with E-state index in [-0.39, 0.29) is 11.7 Å². The number of hydrogen-bond donors (Lipinski definition) is 3. The molecule has 1 amide bonds. The van der Waals surface area contributed by atoms with E-state index in [1.807, 2.05) is 13.8 Å². The second kappa shape index (κ2) is 7.98. The van der Waals surface area contributed by atoms with Crippen LogP contribution in [-0.2, 0) is 9.59 Å². The monoisotopic (exact) mass is 227 g/mol. The minimum absolute atomic E-state index is 0.170. The number of nitrogens with two attached hydrogens (primary N) is 1. The highest BCUT2D eigenvalue weighted by Crippen LogP contribution is 2.02. The Labute approximate surface area is 96.3 Å². The number of Topliss-reactive ketones (excluding diaryl/α,β-unsaturated/α-hetero) is 1. The molecule has 0 spiro atoms. The fraction of sp³-hybridized carbons (Fsp3) is 0.727. The molecule has 0 heterocycles. The molecule has 0 aromatic carbocycles. The smallest absolute Gasteiger partial charge is 0.236 e. The van der Waals surface area contributed by atoms with E-state index in [4.69, 9.17) is 11.1 Å². The molecule has 0 aliphatic heterocycles. The van der Waals surface area contributed by atoms with Crippen LogP contribution in [0.3, 0.4) is 0 Å². The van der Waals surface area contributed by atoms with Crippen LogP contribution in [0.15, 0.2) is 0 Å². The lowest BCUT2D eigenvalue weighted by atomic mass is 10.0. The molecule has 0 saturated heterocycles. The van der Waals surface area contributed by atoms with Gasteiger partial charge in [-0.05, 0) is 18.8 Å². The SMILES string of the molecule is CC(C)CC(N)C(=O)NCCCC(=O)C=N. The van der Waals surface area contributed by atoms with Crippen LogP contribution >= 0.6 is 0 Å². The van der Waals surface area contributed by atoms with E-state index in [9.17, 15) is 9.59 Å². The van der Waals surface area contributed by atoms with Crippen molar-refractivity contribution >= 4 is 17.9 Å². The van der Waals surface area contributed by atoms with E-state index in [0.717, 1.165) is 6.21 Å². The Bertz CT molecular complexity index is 252. The number of hydrogen-bond acceptors (Lipinski definition) is 4. The molecule has 5 heteroatoms. The van der Waals surface area contributed by atoms with Crippen LogP contribution in [-0.4, -0.2) is 30.5 Å². The molecular weight excluding hydrogens is 206 g/mol. The number of carbonyl (C=O) groups excluding carboxylic acids is 2. The van der Waals surface area contributed by atoms with Crippen molar-refractivity contribution in [1.82, 2.24) is 5.32 Å². The van der Waals surface area contributed by atoms with Gasteiger partial charge in [-0.1, -0.05) is 13.8 Å². The lowest BCUT2D eigenvalue weighted by Crippen LogP contribution is -2.41. The predicted octanol–water partition coefficient (Wildman–Crippen LogP) is 0.475. The molecule has 92 valence electrons. The van der Waals surface area contributed by atoms with Crippen molar-refractivity contribution in [1.29, 1.82) is 5.41 Å². The number of nitrogens with one attached hydrogen (secondary N) is 2.